The van der Waals surface area contributed by atoms with E-state index in [1.54, 1.807) is 0 Å². The van der Waals surface area contributed by atoms with Crippen molar-refractivity contribution in [1.82, 2.24) is 5.32 Å². The van der Waals surface area contributed by atoms with Crippen LogP contribution in [0.5, 0.6) is 0 Å². The van der Waals surface area contributed by atoms with Crippen molar-refractivity contribution in [1.29, 1.82) is 0 Å². The van der Waals surface area contributed by atoms with Gasteiger partial charge in [-0.3, -0.25) is 13.8 Å². The molecule has 0 bridgehead atoms. The number of carbonyl (C=O) groups excluding carboxylic acids is 1. The standard InChI is InChI=1S/C32H63N2O6P/c1-3-5-7-9-11-13-14-15-16-17-18-20-22-24-26-32(36)34-30(29-40-41(37,38)39-28-27-33)31(35)25-23-21-19-12-10-8-6-4-2/h9,11,14-15,30-31,35H,3-8,10,12-13,16-29,33H2,1-2H3,(H,34,36)(H,37,38)/b11-9-,15-14-. The zero-order valence-corrected chi connectivity index (χ0v) is 27.2. The number of nitrogens with two attached hydrogens (primary N) is 1. The maximum absolute atomic E-state index is 12.6. The summed E-state index contributed by atoms with van der Waals surface area (Å²) in [6.45, 7) is 4.09. The SMILES string of the molecule is CCCC/C=C\C/C=C\CCCCCCCC(=O)NC(COP(=O)(O)OCCN)C(O)CCCCCCCCCC. The second-order valence-corrected chi connectivity index (χ2v) is 12.5. The summed E-state index contributed by atoms with van der Waals surface area (Å²) in [6.07, 6.45) is 29.0. The van der Waals surface area contributed by atoms with Gasteiger partial charge in [0.1, 0.15) is 0 Å². The highest BCUT2D eigenvalue weighted by Gasteiger charge is 2.27. The van der Waals surface area contributed by atoms with Crippen molar-refractivity contribution < 1.29 is 28.4 Å². The normalized spacial score (nSPS) is 15.0. The van der Waals surface area contributed by atoms with Crippen LogP contribution in [-0.4, -0.2) is 47.8 Å². The minimum Gasteiger partial charge on any atom is -0.391 e. The molecule has 3 unspecified atom stereocenters. The van der Waals surface area contributed by atoms with Crippen LogP contribution in [0.25, 0.3) is 0 Å². The van der Waals surface area contributed by atoms with Crippen LogP contribution in [0.1, 0.15) is 142 Å². The van der Waals surface area contributed by atoms with Gasteiger partial charge in [0.15, 0.2) is 0 Å². The monoisotopic (exact) mass is 602 g/mol. The lowest BCUT2D eigenvalue weighted by atomic mass is 10.0. The van der Waals surface area contributed by atoms with Crippen molar-refractivity contribution in [3.8, 4) is 0 Å². The minimum absolute atomic E-state index is 0.0859. The number of unbranched alkanes of at least 4 members (excludes halogenated alkanes) is 14. The average molecular weight is 603 g/mol. The van der Waals surface area contributed by atoms with E-state index in [4.69, 9.17) is 14.8 Å². The van der Waals surface area contributed by atoms with Gasteiger partial charge < -0.3 is 21.1 Å². The van der Waals surface area contributed by atoms with Crippen molar-refractivity contribution in [3.63, 3.8) is 0 Å². The highest BCUT2D eigenvalue weighted by Crippen LogP contribution is 2.43. The van der Waals surface area contributed by atoms with Gasteiger partial charge in [0.05, 0.1) is 25.4 Å². The molecule has 9 heteroatoms. The second-order valence-electron chi connectivity index (χ2n) is 11.0. The van der Waals surface area contributed by atoms with E-state index in [-0.39, 0.29) is 25.7 Å². The molecule has 1 amide bonds. The summed E-state index contributed by atoms with van der Waals surface area (Å²) in [5.41, 5.74) is 5.33. The first-order valence-electron chi connectivity index (χ1n) is 16.5. The molecule has 242 valence electrons. The van der Waals surface area contributed by atoms with E-state index in [9.17, 15) is 19.4 Å². The molecule has 0 saturated carbocycles. The van der Waals surface area contributed by atoms with Gasteiger partial charge >= 0.3 is 7.82 Å². The number of nitrogens with one attached hydrogen (secondary N) is 1. The van der Waals surface area contributed by atoms with Gasteiger partial charge in [-0.15, -0.1) is 0 Å². The number of amides is 1. The Labute approximate surface area is 251 Å². The summed E-state index contributed by atoms with van der Waals surface area (Å²) in [7, 11) is -4.30. The molecule has 0 spiro atoms. The molecule has 8 nitrogen and oxygen atoms in total. The third-order valence-electron chi connectivity index (χ3n) is 7.06. The predicted octanol–water partition coefficient (Wildman–Crippen LogP) is 7.88. The van der Waals surface area contributed by atoms with Crippen LogP contribution < -0.4 is 11.1 Å². The number of phosphoric ester groups is 1. The Bertz CT molecular complexity index is 704. The molecule has 0 fully saturated rings. The highest BCUT2D eigenvalue weighted by molar-refractivity contribution is 7.47. The Balaban J connectivity index is 4.32. The van der Waals surface area contributed by atoms with Gasteiger partial charge in [-0.2, -0.15) is 0 Å². The van der Waals surface area contributed by atoms with E-state index in [1.807, 2.05) is 0 Å². The highest BCUT2D eigenvalue weighted by atomic mass is 31.2. The van der Waals surface area contributed by atoms with Crippen molar-refractivity contribution in [2.45, 2.75) is 154 Å². The van der Waals surface area contributed by atoms with E-state index >= 15 is 0 Å². The predicted molar refractivity (Wildman–Crippen MR) is 171 cm³/mol. The fourth-order valence-corrected chi connectivity index (χ4v) is 5.26. The fraction of sp³-hybridized carbons (Fsp3) is 0.844. The van der Waals surface area contributed by atoms with Crippen LogP contribution in [0.3, 0.4) is 0 Å². The third-order valence-corrected chi connectivity index (χ3v) is 8.04. The maximum atomic E-state index is 12.6. The molecule has 0 aliphatic carbocycles. The van der Waals surface area contributed by atoms with Gasteiger partial charge in [0, 0.05) is 13.0 Å². The van der Waals surface area contributed by atoms with Crippen LogP contribution in [0.2, 0.25) is 0 Å². The maximum Gasteiger partial charge on any atom is 0.472 e. The minimum atomic E-state index is -4.30. The molecule has 0 aliphatic heterocycles. The first kappa shape index (κ1) is 40.0. The Morgan fingerprint density at radius 3 is 2.00 bits per heavy atom. The summed E-state index contributed by atoms with van der Waals surface area (Å²) >= 11 is 0. The van der Waals surface area contributed by atoms with Crippen molar-refractivity contribution in [2.24, 2.45) is 5.73 Å². The number of phosphoric acid groups is 1. The number of aliphatic hydroxyl groups is 1. The molecular formula is C32H63N2O6P. The topological polar surface area (TPSA) is 131 Å². The molecule has 0 rings (SSSR count). The van der Waals surface area contributed by atoms with Crippen LogP contribution in [0.4, 0.5) is 0 Å². The summed E-state index contributed by atoms with van der Waals surface area (Å²) in [5, 5.41) is 13.6. The summed E-state index contributed by atoms with van der Waals surface area (Å²) in [6, 6.07) is -0.776. The van der Waals surface area contributed by atoms with Crippen molar-refractivity contribution in [3.05, 3.63) is 24.3 Å². The molecule has 0 aromatic heterocycles. The van der Waals surface area contributed by atoms with Crippen molar-refractivity contribution >= 4 is 13.7 Å². The van der Waals surface area contributed by atoms with Gasteiger partial charge in [-0.1, -0.05) is 122 Å². The molecule has 0 saturated heterocycles. The number of hydrogen-bond donors (Lipinski definition) is 4. The van der Waals surface area contributed by atoms with Crippen LogP contribution in [-0.2, 0) is 18.4 Å². The summed E-state index contributed by atoms with van der Waals surface area (Å²) in [4.78, 5) is 22.4. The molecule has 0 radical (unpaired) electrons. The molecule has 0 aromatic rings. The van der Waals surface area contributed by atoms with Gasteiger partial charge in [0.25, 0.3) is 0 Å². The van der Waals surface area contributed by atoms with Crippen LogP contribution in [0, 0.1) is 0 Å². The van der Waals surface area contributed by atoms with Gasteiger partial charge in [-0.05, 0) is 38.5 Å². The lowest BCUT2D eigenvalue weighted by Crippen LogP contribution is -2.46. The Kier molecular flexibility index (Phi) is 28.3. The summed E-state index contributed by atoms with van der Waals surface area (Å²) in [5.74, 6) is -0.181. The van der Waals surface area contributed by atoms with Gasteiger partial charge in [0.2, 0.25) is 5.91 Å². The molecule has 41 heavy (non-hydrogen) atoms. The summed E-state index contributed by atoms with van der Waals surface area (Å²) < 4.78 is 21.9. The Morgan fingerprint density at radius 2 is 1.37 bits per heavy atom. The second kappa shape index (κ2) is 29.1. The lowest BCUT2D eigenvalue weighted by Gasteiger charge is -2.25. The van der Waals surface area contributed by atoms with Crippen LogP contribution >= 0.6 is 7.82 Å². The number of carbonyl (C=O) groups is 1. The molecule has 5 N–H and O–H groups in total. The molecule has 3 atom stereocenters. The number of aliphatic hydroxyl groups excluding tert-OH is 1. The number of hydrogen-bond acceptors (Lipinski definition) is 6. The van der Waals surface area contributed by atoms with E-state index in [1.165, 1.54) is 51.4 Å². The molecule has 0 heterocycles. The first-order chi connectivity index (χ1) is 19.9. The number of allylic oxidation sites excluding steroid dienone is 4. The molecule has 0 aliphatic rings. The largest absolute Gasteiger partial charge is 0.472 e. The first-order valence-corrected chi connectivity index (χ1v) is 17.9. The van der Waals surface area contributed by atoms with Crippen molar-refractivity contribution in [2.75, 3.05) is 19.8 Å². The molecular weight excluding hydrogens is 539 g/mol. The van der Waals surface area contributed by atoms with E-state index in [0.717, 1.165) is 64.2 Å². The zero-order valence-electron chi connectivity index (χ0n) is 26.3. The van der Waals surface area contributed by atoms with E-state index < -0.39 is 20.0 Å². The van der Waals surface area contributed by atoms with E-state index in [0.29, 0.717) is 12.8 Å². The quantitative estimate of drug-likeness (QED) is 0.0374. The van der Waals surface area contributed by atoms with Gasteiger partial charge in [-0.25, -0.2) is 4.57 Å². The fourth-order valence-electron chi connectivity index (χ4n) is 4.50. The Morgan fingerprint density at radius 1 is 0.805 bits per heavy atom. The Hall–Kier alpha value is -1.02. The zero-order chi connectivity index (χ0) is 30.4. The van der Waals surface area contributed by atoms with Crippen LogP contribution in [0.15, 0.2) is 24.3 Å². The van der Waals surface area contributed by atoms with E-state index in [2.05, 4.69) is 43.5 Å². The lowest BCUT2D eigenvalue weighted by molar-refractivity contribution is -0.123. The smallest absolute Gasteiger partial charge is 0.391 e. The third kappa shape index (κ3) is 27.6. The number of rotatable bonds is 30. The average Bonchev–Trinajstić information content (AvgIpc) is 2.95. The molecule has 0 aromatic carbocycles.